The molecule has 0 aromatic carbocycles. The molecule has 0 radical (unpaired) electrons. The Labute approximate surface area is 109 Å². The van der Waals surface area contributed by atoms with Gasteiger partial charge >= 0.3 is 5.97 Å². The number of aliphatic carboxylic acids is 1. The lowest BCUT2D eigenvalue weighted by Gasteiger charge is -2.35. The molecule has 0 spiro atoms. The van der Waals surface area contributed by atoms with Crippen LogP contribution in [0.5, 0.6) is 0 Å². The molecule has 1 N–H and O–H groups in total. The fraction of sp³-hybridized carbons (Fsp3) is 0.583. The lowest BCUT2D eigenvalue weighted by Crippen LogP contribution is -2.42. The molecule has 94 valence electrons. The summed E-state index contributed by atoms with van der Waals surface area (Å²) in [4.78, 5) is 13.3. The zero-order valence-electron chi connectivity index (χ0n) is 9.78. The number of carbonyl (C=O) groups is 1. The predicted octanol–water partition coefficient (Wildman–Crippen LogP) is 2.73. The van der Waals surface area contributed by atoms with E-state index in [0.29, 0.717) is 12.8 Å². The molecular formula is C12H16BrNO3. The average Bonchev–Trinajstić information content (AvgIpc) is 2.67. The van der Waals surface area contributed by atoms with Gasteiger partial charge < -0.3 is 9.52 Å². The third-order valence-electron chi connectivity index (χ3n) is 3.48. The fourth-order valence-corrected chi connectivity index (χ4v) is 2.42. The summed E-state index contributed by atoms with van der Waals surface area (Å²) in [5, 5.41) is 9.13. The van der Waals surface area contributed by atoms with Crippen molar-refractivity contribution in [2.45, 2.75) is 26.3 Å². The van der Waals surface area contributed by atoms with Crippen LogP contribution in [0, 0.1) is 5.41 Å². The molecule has 0 atom stereocenters. The molecule has 1 fully saturated rings. The first kappa shape index (κ1) is 12.6. The quantitative estimate of drug-likeness (QED) is 0.933. The molecule has 0 unspecified atom stereocenters. The van der Waals surface area contributed by atoms with Gasteiger partial charge in [0, 0.05) is 0 Å². The van der Waals surface area contributed by atoms with E-state index in [1.807, 2.05) is 19.1 Å². The number of carboxylic acid groups (broad SMARTS) is 1. The van der Waals surface area contributed by atoms with Crippen molar-refractivity contribution >= 4 is 21.9 Å². The second kappa shape index (κ2) is 4.82. The van der Waals surface area contributed by atoms with Crippen molar-refractivity contribution in [2.75, 3.05) is 13.1 Å². The smallest absolute Gasteiger partial charge is 0.309 e. The second-order valence-corrected chi connectivity index (χ2v) is 5.63. The van der Waals surface area contributed by atoms with Gasteiger partial charge in [0.05, 0.1) is 12.0 Å². The zero-order chi connectivity index (χ0) is 12.5. The Kier molecular flexibility index (Phi) is 3.58. The van der Waals surface area contributed by atoms with Gasteiger partial charge in [-0.3, -0.25) is 9.69 Å². The first-order valence-electron chi connectivity index (χ1n) is 5.69. The molecule has 1 saturated heterocycles. The highest BCUT2D eigenvalue weighted by Gasteiger charge is 2.36. The standard InChI is InChI=1S/C12H16BrNO3/c1-12(11(15)16)4-6-14(7-5-12)8-9-2-3-10(13)17-9/h2-3H,4-8H2,1H3,(H,15,16). The Morgan fingerprint density at radius 1 is 1.53 bits per heavy atom. The molecule has 4 nitrogen and oxygen atoms in total. The largest absolute Gasteiger partial charge is 0.481 e. The summed E-state index contributed by atoms with van der Waals surface area (Å²) < 4.78 is 6.18. The van der Waals surface area contributed by atoms with Crippen LogP contribution in [0.3, 0.4) is 0 Å². The van der Waals surface area contributed by atoms with E-state index in [1.165, 1.54) is 0 Å². The third kappa shape index (κ3) is 2.90. The van der Waals surface area contributed by atoms with Gasteiger partial charge in [-0.2, -0.15) is 0 Å². The molecule has 1 aliphatic heterocycles. The summed E-state index contributed by atoms with van der Waals surface area (Å²) in [7, 11) is 0. The number of hydrogen-bond acceptors (Lipinski definition) is 3. The molecular weight excluding hydrogens is 286 g/mol. The highest BCUT2D eigenvalue weighted by Crippen LogP contribution is 2.31. The highest BCUT2D eigenvalue weighted by molar-refractivity contribution is 9.10. The lowest BCUT2D eigenvalue weighted by molar-refractivity contribution is -0.150. The molecule has 2 rings (SSSR count). The molecule has 1 aromatic rings. The van der Waals surface area contributed by atoms with E-state index in [2.05, 4.69) is 20.8 Å². The Bertz CT molecular complexity index is 408. The molecule has 0 bridgehead atoms. The van der Waals surface area contributed by atoms with E-state index in [0.717, 1.165) is 30.1 Å². The van der Waals surface area contributed by atoms with Crippen LogP contribution in [0.1, 0.15) is 25.5 Å². The minimum absolute atomic E-state index is 0.555. The monoisotopic (exact) mass is 301 g/mol. The van der Waals surface area contributed by atoms with E-state index in [1.54, 1.807) is 0 Å². The summed E-state index contributed by atoms with van der Waals surface area (Å²) in [6, 6.07) is 3.82. The van der Waals surface area contributed by atoms with E-state index < -0.39 is 11.4 Å². The maximum atomic E-state index is 11.1. The molecule has 0 aliphatic carbocycles. The van der Waals surface area contributed by atoms with Crippen LogP contribution in [0.25, 0.3) is 0 Å². The number of nitrogens with zero attached hydrogens (tertiary/aromatic N) is 1. The maximum absolute atomic E-state index is 11.1. The van der Waals surface area contributed by atoms with Gasteiger partial charge in [0.25, 0.3) is 0 Å². The van der Waals surface area contributed by atoms with E-state index in [4.69, 9.17) is 9.52 Å². The predicted molar refractivity (Wildman–Crippen MR) is 66.7 cm³/mol. The van der Waals surface area contributed by atoms with E-state index >= 15 is 0 Å². The molecule has 1 aliphatic rings. The first-order valence-corrected chi connectivity index (χ1v) is 6.49. The third-order valence-corrected chi connectivity index (χ3v) is 3.91. The van der Waals surface area contributed by atoms with Crippen LogP contribution in [-0.4, -0.2) is 29.1 Å². The van der Waals surface area contributed by atoms with Crippen molar-refractivity contribution in [1.82, 2.24) is 4.90 Å². The number of halogens is 1. The fourth-order valence-electron chi connectivity index (χ4n) is 2.08. The number of rotatable bonds is 3. The molecule has 5 heteroatoms. The van der Waals surface area contributed by atoms with Gasteiger partial charge in [-0.05, 0) is 60.9 Å². The molecule has 17 heavy (non-hydrogen) atoms. The van der Waals surface area contributed by atoms with Crippen LogP contribution in [-0.2, 0) is 11.3 Å². The Morgan fingerprint density at radius 3 is 2.65 bits per heavy atom. The van der Waals surface area contributed by atoms with E-state index in [-0.39, 0.29) is 0 Å². The van der Waals surface area contributed by atoms with Crippen molar-refractivity contribution in [2.24, 2.45) is 5.41 Å². The first-order chi connectivity index (χ1) is 7.99. The topological polar surface area (TPSA) is 53.7 Å². The van der Waals surface area contributed by atoms with Crippen molar-refractivity contribution in [3.8, 4) is 0 Å². The van der Waals surface area contributed by atoms with Crippen LogP contribution >= 0.6 is 15.9 Å². The molecule has 2 heterocycles. The van der Waals surface area contributed by atoms with Crippen LogP contribution in [0.2, 0.25) is 0 Å². The summed E-state index contributed by atoms with van der Waals surface area (Å²) in [6.07, 6.45) is 1.40. The van der Waals surface area contributed by atoms with Crippen LogP contribution in [0.15, 0.2) is 21.2 Å². The van der Waals surface area contributed by atoms with Gasteiger partial charge in [0.2, 0.25) is 0 Å². The van der Waals surface area contributed by atoms with Crippen molar-refractivity contribution in [1.29, 1.82) is 0 Å². The number of hydrogen-bond donors (Lipinski definition) is 1. The van der Waals surface area contributed by atoms with Crippen LogP contribution < -0.4 is 0 Å². The normalized spacial score (nSPS) is 20.4. The second-order valence-electron chi connectivity index (χ2n) is 4.85. The summed E-state index contributed by atoms with van der Waals surface area (Å²) >= 11 is 3.27. The lowest BCUT2D eigenvalue weighted by atomic mass is 9.80. The van der Waals surface area contributed by atoms with Gasteiger partial charge in [0.1, 0.15) is 5.76 Å². The molecule has 0 amide bonds. The van der Waals surface area contributed by atoms with Crippen molar-refractivity contribution in [3.63, 3.8) is 0 Å². The molecule has 0 saturated carbocycles. The summed E-state index contributed by atoms with van der Waals surface area (Å²) in [5.74, 6) is 0.230. The van der Waals surface area contributed by atoms with Gasteiger partial charge in [-0.1, -0.05) is 0 Å². The van der Waals surface area contributed by atoms with Crippen molar-refractivity contribution < 1.29 is 14.3 Å². The minimum atomic E-state index is -0.683. The number of carboxylic acids is 1. The maximum Gasteiger partial charge on any atom is 0.309 e. The van der Waals surface area contributed by atoms with E-state index in [9.17, 15) is 4.79 Å². The Balaban J connectivity index is 1.89. The SMILES string of the molecule is CC1(C(=O)O)CCN(Cc2ccc(Br)o2)CC1. The Hall–Kier alpha value is -0.810. The summed E-state index contributed by atoms with van der Waals surface area (Å²) in [5.41, 5.74) is -0.555. The van der Waals surface area contributed by atoms with Gasteiger partial charge in [-0.15, -0.1) is 0 Å². The zero-order valence-corrected chi connectivity index (χ0v) is 11.4. The van der Waals surface area contributed by atoms with Gasteiger partial charge in [-0.25, -0.2) is 0 Å². The highest BCUT2D eigenvalue weighted by atomic mass is 79.9. The summed E-state index contributed by atoms with van der Waals surface area (Å²) in [6.45, 7) is 4.19. The minimum Gasteiger partial charge on any atom is -0.481 e. The number of furan rings is 1. The number of piperidine rings is 1. The van der Waals surface area contributed by atoms with Crippen LogP contribution in [0.4, 0.5) is 0 Å². The molecule has 1 aromatic heterocycles. The Morgan fingerprint density at radius 2 is 2.18 bits per heavy atom. The van der Waals surface area contributed by atoms with Crippen molar-refractivity contribution in [3.05, 3.63) is 22.6 Å². The van der Waals surface area contributed by atoms with Gasteiger partial charge in [0.15, 0.2) is 4.67 Å². The average molecular weight is 302 g/mol. The number of likely N-dealkylation sites (tertiary alicyclic amines) is 1.